The van der Waals surface area contributed by atoms with Crippen molar-refractivity contribution in [3.05, 3.63) is 65.1 Å². The van der Waals surface area contributed by atoms with Gasteiger partial charge in [-0.05, 0) is 70.3 Å². The number of methoxy groups -OCH3 is 1. The lowest BCUT2D eigenvalue weighted by Crippen LogP contribution is -2.46. The maximum Gasteiger partial charge on any atom is 0.415 e. The van der Waals surface area contributed by atoms with Gasteiger partial charge in [0.2, 0.25) is 5.95 Å². The van der Waals surface area contributed by atoms with E-state index in [1.165, 1.54) is 10.3 Å². The molecule has 1 fully saturated rings. The minimum atomic E-state index is -0.660. The predicted octanol–water partition coefficient (Wildman–Crippen LogP) is 4.73. The number of hydrogen-bond donors (Lipinski definition) is 1. The lowest BCUT2D eigenvalue weighted by Gasteiger charge is -2.38. The van der Waals surface area contributed by atoms with Crippen LogP contribution < -0.4 is 30.3 Å². The van der Waals surface area contributed by atoms with Gasteiger partial charge >= 0.3 is 6.09 Å². The summed E-state index contributed by atoms with van der Waals surface area (Å²) in [6.07, 6.45) is 1.25. The summed E-state index contributed by atoms with van der Waals surface area (Å²) >= 11 is 0. The fourth-order valence-corrected chi connectivity index (χ4v) is 5.78. The van der Waals surface area contributed by atoms with Crippen LogP contribution in [0.15, 0.2) is 59.5 Å². The Morgan fingerprint density at radius 2 is 1.67 bits per heavy atom. The SMILES string of the molecule is COc1cccc2c1N(C(=O)OC(C)(C)C)CCN2c1cc2cnc(Nc3ccc(N4CCN(C)CC4)cc3)nc2n(C)c1=O. The van der Waals surface area contributed by atoms with Crippen molar-refractivity contribution in [3.8, 4) is 5.75 Å². The number of fused-ring (bicyclic) bond motifs is 2. The normalized spacial score (nSPS) is 15.6. The first-order valence-corrected chi connectivity index (χ1v) is 15.1. The van der Waals surface area contributed by atoms with Crippen LogP contribution in [0, 0.1) is 0 Å². The highest BCUT2D eigenvalue weighted by molar-refractivity contribution is 5.98. The molecule has 0 radical (unpaired) electrons. The van der Waals surface area contributed by atoms with Crippen LogP contribution in [0.4, 0.5) is 39.2 Å². The molecule has 236 valence electrons. The summed E-state index contributed by atoms with van der Waals surface area (Å²) in [5.74, 6) is 0.912. The number of carbonyl (C=O) groups is 1. The Morgan fingerprint density at radius 3 is 2.36 bits per heavy atom. The molecule has 0 spiro atoms. The van der Waals surface area contributed by atoms with Crippen molar-refractivity contribution in [3.63, 3.8) is 0 Å². The number of piperazine rings is 1. The number of nitrogens with one attached hydrogen (secondary N) is 1. The van der Waals surface area contributed by atoms with E-state index in [1.54, 1.807) is 37.4 Å². The lowest BCUT2D eigenvalue weighted by molar-refractivity contribution is 0.0579. The zero-order chi connectivity index (χ0) is 31.9. The van der Waals surface area contributed by atoms with Gasteiger partial charge in [0.1, 0.15) is 28.4 Å². The molecule has 12 heteroatoms. The topological polar surface area (TPSA) is 108 Å². The fourth-order valence-electron chi connectivity index (χ4n) is 5.78. The van der Waals surface area contributed by atoms with E-state index in [2.05, 4.69) is 39.3 Å². The molecule has 2 aliphatic rings. The van der Waals surface area contributed by atoms with E-state index in [4.69, 9.17) is 14.5 Å². The number of benzene rings is 2. The smallest absolute Gasteiger partial charge is 0.415 e. The maximum atomic E-state index is 13.8. The summed E-state index contributed by atoms with van der Waals surface area (Å²) in [5.41, 5.74) is 3.35. The van der Waals surface area contributed by atoms with Gasteiger partial charge in [0, 0.05) is 69.3 Å². The monoisotopic (exact) mass is 612 g/mol. The van der Waals surface area contributed by atoms with Gasteiger partial charge in [0.05, 0.1) is 12.8 Å². The van der Waals surface area contributed by atoms with E-state index in [1.807, 2.05) is 49.9 Å². The third kappa shape index (κ3) is 6.10. The van der Waals surface area contributed by atoms with Crippen LogP contribution in [-0.4, -0.2) is 84.6 Å². The quantitative estimate of drug-likeness (QED) is 0.340. The minimum absolute atomic E-state index is 0.219. The number of aryl methyl sites for hydroxylation is 1. The van der Waals surface area contributed by atoms with Crippen LogP contribution >= 0.6 is 0 Å². The lowest BCUT2D eigenvalue weighted by atomic mass is 10.1. The number of carbonyl (C=O) groups excluding carboxylic acids is 1. The molecule has 0 saturated carbocycles. The summed E-state index contributed by atoms with van der Waals surface area (Å²) in [6.45, 7) is 10.3. The van der Waals surface area contributed by atoms with E-state index in [-0.39, 0.29) is 5.56 Å². The van der Waals surface area contributed by atoms with Crippen LogP contribution in [0.3, 0.4) is 0 Å². The van der Waals surface area contributed by atoms with Crippen LogP contribution in [0.2, 0.25) is 0 Å². The van der Waals surface area contributed by atoms with E-state index in [0.29, 0.717) is 52.9 Å². The Morgan fingerprint density at radius 1 is 0.933 bits per heavy atom. The number of anilines is 6. The molecule has 4 heterocycles. The van der Waals surface area contributed by atoms with Crippen LogP contribution in [-0.2, 0) is 11.8 Å². The van der Waals surface area contributed by atoms with Crippen molar-refractivity contribution in [2.45, 2.75) is 26.4 Å². The summed E-state index contributed by atoms with van der Waals surface area (Å²) < 4.78 is 12.9. The van der Waals surface area contributed by atoms with Crippen molar-refractivity contribution in [2.24, 2.45) is 7.05 Å². The second kappa shape index (κ2) is 11.9. The Bertz CT molecular complexity index is 1770. The molecule has 1 saturated heterocycles. The largest absolute Gasteiger partial charge is 0.494 e. The highest BCUT2D eigenvalue weighted by Gasteiger charge is 2.34. The van der Waals surface area contributed by atoms with Crippen LogP contribution in [0.1, 0.15) is 20.8 Å². The third-order valence-corrected chi connectivity index (χ3v) is 8.13. The number of likely N-dealkylation sites (N-methyl/N-ethyl adjacent to an activating group) is 1. The van der Waals surface area contributed by atoms with E-state index in [0.717, 1.165) is 31.9 Å². The highest BCUT2D eigenvalue weighted by Crippen LogP contribution is 2.44. The molecule has 1 N–H and O–H groups in total. The number of hydrogen-bond acceptors (Lipinski definition) is 10. The second-order valence-electron chi connectivity index (χ2n) is 12.4. The molecular formula is C33H40N8O4. The van der Waals surface area contributed by atoms with Gasteiger partial charge in [-0.25, -0.2) is 9.78 Å². The maximum absolute atomic E-state index is 13.8. The van der Waals surface area contributed by atoms with Gasteiger partial charge in [-0.15, -0.1) is 0 Å². The van der Waals surface area contributed by atoms with E-state index in [9.17, 15) is 9.59 Å². The summed E-state index contributed by atoms with van der Waals surface area (Å²) in [6, 6.07) is 15.6. The zero-order valence-corrected chi connectivity index (χ0v) is 26.7. The van der Waals surface area contributed by atoms with Gasteiger partial charge in [-0.1, -0.05) is 6.07 Å². The number of pyridine rings is 1. The molecule has 12 nitrogen and oxygen atoms in total. The molecule has 2 aromatic heterocycles. The van der Waals surface area contributed by atoms with Crippen LogP contribution in [0.25, 0.3) is 11.0 Å². The number of para-hydroxylation sites is 1. The van der Waals surface area contributed by atoms with Crippen molar-refractivity contribution in [1.82, 2.24) is 19.4 Å². The number of amides is 1. The van der Waals surface area contributed by atoms with Gasteiger partial charge in [-0.3, -0.25) is 14.3 Å². The van der Waals surface area contributed by atoms with Crippen molar-refractivity contribution in [1.29, 1.82) is 0 Å². The second-order valence-corrected chi connectivity index (χ2v) is 12.4. The predicted molar refractivity (Wildman–Crippen MR) is 178 cm³/mol. The summed E-state index contributed by atoms with van der Waals surface area (Å²) in [7, 11) is 5.41. The van der Waals surface area contributed by atoms with E-state index < -0.39 is 11.7 Å². The summed E-state index contributed by atoms with van der Waals surface area (Å²) in [5, 5.41) is 3.99. The number of rotatable bonds is 5. The highest BCUT2D eigenvalue weighted by atomic mass is 16.6. The molecule has 0 aliphatic carbocycles. The fraction of sp³-hybridized carbons (Fsp3) is 0.394. The Hall–Kier alpha value is -4.84. The molecule has 0 unspecified atom stereocenters. The molecule has 6 rings (SSSR count). The molecule has 1 amide bonds. The molecule has 2 aliphatic heterocycles. The number of ether oxygens (including phenoxy) is 2. The van der Waals surface area contributed by atoms with Crippen LogP contribution in [0.5, 0.6) is 5.75 Å². The first-order valence-electron chi connectivity index (χ1n) is 15.1. The minimum Gasteiger partial charge on any atom is -0.494 e. The Balaban J connectivity index is 1.28. The first-order chi connectivity index (χ1) is 21.5. The molecular weight excluding hydrogens is 572 g/mol. The number of aromatic nitrogens is 3. The van der Waals surface area contributed by atoms with Gasteiger partial charge in [0.25, 0.3) is 5.56 Å². The average Bonchev–Trinajstić information content (AvgIpc) is 3.02. The van der Waals surface area contributed by atoms with Crippen molar-refractivity contribution in [2.75, 3.05) is 73.4 Å². The first kappa shape index (κ1) is 30.2. The zero-order valence-electron chi connectivity index (χ0n) is 26.7. The average molecular weight is 613 g/mol. The summed E-state index contributed by atoms with van der Waals surface area (Å²) in [4.78, 5) is 44.5. The van der Waals surface area contributed by atoms with Gasteiger partial charge in [-0.2, -0.15) is 4.98 Å². The van der Waals surface area contributed by atoms with Crippen molar-refractivity contribution < 1.29 is 14.3 Å². The molecule has 0 bridgehead atoms. The van der Waals surface area contributed by atoms with Gasteiger partial charge < -0.3 is 29.5 Å². The third-order valence-electron chi connectivity index (χ3n) is 8.13. The Kier molecular flexibility index (Phi) is 8.00. The molecule has 2 aromatic carbocycles. The molecule has 0 atom stereocenters. The van der Waals surface area contributed by atoms with Crippen molar-refractivity contribution >= 4 is 51.5 Å². The Labute approximate surface area is 262 Å². The molecule has 45 heavy (non-hydrogen) atoms. The number of nitrogens with zero attached hydrogens (tertiary/aromatic N) is 7. The van der Waals surface area contributed by atoms with Gasteiger partial charge in [0.15, 0.2) is 0 Å². The standard InChI is InChI=1S/C33H40N8O4/c1-33(2,3)45-32(43)41-19-18-40(25-8-7-9-27(44-6)28(25)41)26-20-22-21-34-31(36-29(22)38(5)30(26)42)35-23-10-12-24(13-11-23)39-16-14-37(4)15-17-39/h7-13,20-21H,14-19H2,1-6H3,(H,34,35,36). The molecule has 4 aromatic rings. The van der Waals surface area contributed by atoms with E-state index >= 15 is 0 Å².